The Balaban J connectivity index is 1.96. The molecule has 3 rings (SSSR count). The summed E-state index contributed by atoms with van der Waals surface area (Å²) in [5, 5.41) is 13.6. The van der Waals surface area contributed by atoms with Crippen LogP contribution in [0, 0.1) is 11.6 Å². The first-order chi connectivity index (χ1) is 9.58. The molecule has 0 bridgehead atoms. The van der Waals surface area contributed by atoms with Crippen molar-refractivity contribution in [3.8, 4) is 11.4 Å². The maximum atomic E-state index is 13.5. The number of aliphatic hydroxyl groups is 1. The molecule has 1 N–H and O–H groups in total. The molecule has 106 valence electrons. The lowest BCUT2D eigenvalue weighted by molar-refractivity contribution is 0.148. The molecule has 1 fully saturated rings. The predicted molar refractivity (Wildman–Crippen MR) is 69.9 cm³/mol. The number of aliphatic hydroxyl groups excluding tert-OH is 1. The number of benzene rings is 1. The molecule has 0 saturated heterocycles. The molecule has 2 unspecified atom stereocenters. The zero-order valence-electron chi connectivity index (χ0n) is 10.3. The zero-order valence-corrected chi connectivity index (χ0v) is 11.9. The maximum Gasteiger partial charge on any atom is 0.232 e. The second kappa shape index (κ2) is 5.21. The van der Waals surface area contributed by atoms with Crippen LogP contribution in [-0.2, 0) is 0 Å². The molecule has 1 aliphatic carbocycles. The third-order valence-electron chi connectivity index (χ3n) is 3.51. The Hall–Kier alpha value is -1.34. The van der Waals surface area contributed by atoms with Crippen LogP contribution in [0.2, 0.25) is 0 Å². The standard InChI is InChI=1S/C13H11BrF2N2O2/c14-10-7(4-5-8(15)11(10)16)12-17-13(20-18-12)6-2-1-3-9(6)19/h4-6,9,19H,1-3H2. The molecule has 7 heteroatoms. The van der Waals surface area contributed by atoms with Crippen LogP contribution in [0.4, 0.5) is 8.78 Å². The Labute approximate surface area is 121 Å². The zero-order chi connectivity index (χ0) is 14.3. The molecule has 1 aromatic carbocycles. The minimum Gasteiger partial charge on any atom is -0.392 e. The van der Waals surface area contributed by atoms with E-state index in [9.17, 15) is 13.9 Å². The van der Waals surface area contributed by atoms with Crippen LogP contribution in [0.1, 0.15) is 31.1 Å². The van der Waals surface area contributed by atoms with Crippen molar-refractivity contribution < 1.29 is 18.4 Å². The van der Waals surface area contributed by atoms with Gasteiger partial charge in [0.05, 0.1) is 16.5 Å². The summed E-state index contributed by atoms with van der Waals surface area (Å²) in [6, 6.07) is 2.39. The first kappa shape index (κ1) is 13.6. The molecule has 4 nitrogen and oxygen atoms in total. The van der Waals surface area contributed by atoms with E-state index in [1.165, 1.54) is 6.07 Å². The molecule has 1 aliphatic rings. The lowest BCUT2D eigenvalue weighted by Crippen LogP contribution is -2.11. The first-order valence-electron chi connectivity index (χ1n) is 6.23. The van der Waals surface area contributed by atoms with Crippen LogP contribution in [0.5, 0.6) is 0 Å². The quantitative estimate of drug-likeness (QED) is 0.848. The molecule has 0 aliphatic heterocycles. The number of nitrogens with zero attached hydrogens (tertiary/aromatic N) is 2. The summed E-state index contributed by atoms with van der Waals surface area (Å²) in [5.41, 5.74) is 0.311. The second-order valence-corrected chi connectivity index (χ2v) is 5.58. The smallest absolute Gasteiger partial charge is 0.232 e. The third kappa shape index (κ3) is 2.25. The van der Waals surface area contributed by atoms with Crippen molar-refractivity contribution in [3.63, 3.8) is 0 Å². The fourth-order valence-corrected chi connectivity index (χ4v) is 2.92. The van der Waals surface area contributed by atoms with E-state index < -0.39 is 17.7 Å². The van der Waals surface area contributed by atoms with Crippen LogP contribution in [0.15, 0.2) is 21.1 Å². The fourth-order valence-electron chi connectivity index (χ4n) is 2.42. The van der Waals surface area contributed by atoms with Crippen molar-refractivity contribution in [2.75, 3.05) is 0 Å². The second-order valence-electron chi connectivity index (χ2n) is 4.78. The summed E-state index contributed by atoms with van der Waals surface area (Å²) in [4.78, 5) is 4.19. The van der Waals surface area contributed by atoms with Crippen molar-refractivity contribution in [2.45, 2.75) is 31.3 Å². The van der Waals surface area contributed by atoms with E-state index in [0.29, 0.717) is 17.9 Å². The highest BCUT2D eigenvalue weighted by molar-refractivity contribution is 9.10. The van der Waals surface area contributed by atoms with Crippen molar-refractivity contribution in [1.29, 1.82) is 0 Å². The number of aromatic nitrogens is 2. The summed E-state index contributed by atoms with van der Waals surface area (Å²) < 4.78 is 31.7. The Kier molecular flexibility index (Phi) is 3.55. The van der Waals surface area contributed by atoms with E-state index in [1.807, 2.05) is 0 Å². The third-order valence-corrected chi connectivity index (χ3v) is 4.29. The molecule has 0 radical (unpaired) electrons. The van der Waals surface area contributed by atoms with Gasteiger partial charge in [0.1, 0.15) is 0 Å². The van der Waals surface area contributed by atoms with Gasteiger partial charge in [-0.2, -0.15) is 4.98 Å². The maximum absolute atomic E-state index is 13.5. The van der Waals surface area contributed by atoms with Crippen LogP contribution < -0.4 is 0 Å². The predicted octanol–water partition coefficient (Wildman–Crippen LogP) is 3.41. The van der Waals surface area contributed by atoms with Crippen LogP contribution >= 0.6 is 15.9 Å². The Morgan fingerprint density at radius 3 is 2.80 bits per heavy atom. The van der Waals surface area contributed by atoms with Gasteiger partial charge >= 0.3 is 0 Å². The monoisotopic (exact) mass is 344 g/mol. The average molecular weight is 345 g/mol. The molecule has 0 amide bonds. The minimum atomic E-state index is -0.991. The van der Waals surface area contributed by atoms with E-state index in [-0.39, 0.29) is 16.2 Å². The Morgan fingerprint density at radius 1 is 1.30 bits per heavy atom. The number of rotatable bonds is 2. The van der Waals surface area contributed by atoms with Gasteiger partial charge in [-0.3, -0.25) is 0 Å². The Bertz CT molecular complexity index is 647. The summed E-state index contributed by atoms with van der Waals surface area (Å²) >= 11 is 2.99. The molecule has 1 aromatic heterocycles. The van der Waals surface area contributed by atoms with Gasteiger partial charge in [0.2, 0.25) is 11.7 Å². The average Bonchev–Trinajstić information content (AvgIpc) is 3.05. The van der Waals surface area contributed by atoms with Gasteiger partial charge in [-0.05, 0) is 47.3 Å². The lowest BCUT2D eigenvalue weighted by atomic mass is 10.1. The molecular weight excluding hydrogens is 334 g/mol. The van der Waals surface area contributed by atoms with E-state index in [4.69, 9.17) is 4.52 Å². The van der Waals surface area contributed by atoms with Gasteiger partial charge < -0.3 is 9.63 Å². The van der Waals surface area contributed by atoms with Gasteiger partial charge in [-0.15, -0.1) is 0 Å². The van der Waals surface area contributed by atoms with Gasteiger partial charge in [0.25, 0.3) is 0 Å². The fraction of sp³-hybridized carbons (Fsp3) is 0.385. The van der Waals surface area contributed by atoms with Crippen molar-refractivity contribution >= 4 is 15.9 Å². The first-order valence-corrected chi connectivity index (χ1v) is 7.02. The van der Waals surface area contributed by atoms with Crippen LogP contribution in [0.25, 0.3) is 11.4 Å². The molecule has 2 aromatic rings. The molecular formula is C13H11BrF2N2O2. The van der Waals surface area contributed by atoms with Crippen molar-refractivity contribution in [2.24, 2.45) is 0 Å². The van der Waals surface area contributed by atoms with Gasteiger partial charge in [0.15, 0.2) is 11.6 Å². The van der Waals surface area contributed by atoms with Crippen LogP contribution in [-0.4, -0.2) is 21.4 Å². The van der Waals surface area contributed by atoms with Crippen molar-refractivity contribution in [3.05, 3.63) is 34.1 Å². The highest BCUT2D eigenvalue weighted by Crippen LogP contribution is 2.36. The van der Waals surface area contributed by atoms with Gasteiger partial charge in [-0.25, -0.2) is 8.78 Å². The number of halogens is 3. The SMILES string of the molecule is OC1CCCC1c1nc(-c2ccc(F)c(F)c2Br)no1. The summed E-state index contributed by atoms with van der Waals surface area (Å²) in [6.45, 7) is 0. The lowest BCUT2D eigenvalue weighted by Gasteiger charge is -2.07. The van der Waals surface area contributed by atoms with Crippen molar-refractivity contribution in [1.82, 2.24) is 10.1 Å². The summed E-state index contributed by atoms with van der Waals surface area (Å²) in [5.74, 6) is -1.61. The normalized spacial score (nSPS) is 22.4. The van der Waals surface area contributed by atoms with E-state index in [0.717, 1.165) is 18.9 Å². The minimum absolute atomic E-state index is 0.0446. The van der Waals surface area contributed by atoms with Crippen LogP contribution in [0.3, 0.4) is 0 Å². The Morgan fingerprint density at radius 2 is 2.10 bits per heavy atom. The molecule has 1 heterocycles. The largest absolute Gasteiger partial charge is 0.392 e. The molecule has 0 spiro atoms. The summed E-state index contributed by atoms with van der Waals surface area (Å²) in [7, 11) is 0. The topological polar surface area (TPSA) is 59.2 Å². The van der Waals surface area contributed by atoms with E-state index in [2.05, 4.69) is 26.1 Å². The van der Waals surface area contributed by atoms with Gasteiger partial charge in [-0.1, -0.05) is 5.16 Å². The number of hydrogen-bond donors (Lipinski definition) is 1. The number of hydrogen-bond acceptors (Lipinski definition) is 4. The summed E-state index contributed by atoms with van der Waals surface area (Å²) in [6.07, 6.45) is 1.90. The highest BCUT2D eigenvalue weighted by atomic mass is 79.9. The molecule has 1 saturated carbocycles. The van der Waals surface area contributed by atoms with E-state index >= 15 is 0 Å². The highest BCUT2D eigenvalue weighted by Gasteiger charge is 2.31. The molecule has 2 atom stereocenters. The van der Waals surface area contributed by atoms with E-state index in [1.54, 1.807) is 0 Å². The molecule has 20 heavy (non-hydrogen) atoms. The van der Waals surface area contributed by atoms with Gasteiger partial charge in [0, 0.05) is 5.56 Å².